The van der Waals surface area contributed by atoms with Crippen LogP contribution in [-0.4, -0.2) is 18.0 Å². The Morgan fingerprint density at radius 1 is 1.09 bits per heavy atom. The van der Waals surface area contributed by atoms with E-state index in [0.717, 1.165) is 5.56 Å². The van der Waals surface area contributed by atoms with Crippen LogP contribution in [0.1, 0.15) is 22.8 Å². The van der Waals surface area contributed by atoms with E-state index in [4.69, 9.17) is 10.5 Å². The van der Waals surface area contributed by atoms with Crippen LogP contribution >= 0.6 is 0 Å². The first kappa shape index (κ1) is 15.6. The molecule has 0 fully saturated rings. The summed E-state index contributed by atoms with van der Waals surface area (Å²) < 4.78 is 10.3. The monoisotopic (exact) mass is 299 g/mol. The molecule has 2 aromatic rings. The smallest absolute Gasteiger partial charge is 0.405 e. The second-order valence-corrected chi connectivity index (χ2v) is 4.75. The lowest BCUT2D eigenvalue weighted by Gasteiger charge is -2.11. The number of hydrogen-bond donors (Lipinski definition) is 1. The van der Waals surface area contributed by atoms with E-state index < -0.39 is 12.2 Å². The minimum absolute atomic E-state index is 0.330. The van der Waals surface area contributed by atoms with Crippen molar-refractivity contribution in [2.45, 2.75) is 19.6 Å². The maximum absolute atomic E-state index is 12.1. The number of ether oxygens (including phenoxy) is 2. The maximum Gasteiger partial charge on any atom is 0.405 e. The predicted molar refractivity (Wildman–Crippen MR) is 81.7 cm³/mol. The topological polar surface area (TPSA) is 78.6 Å². The van der Waals surface area contributed by atoms with Crippen LogP contribution in [0.15, 0.2) is 54.6 Å². The van der Waals surface area contributed by atoms with Crippen LogP contribution in [0.4, 0.5) is 4.79 Å². The van der Waals surface area contributed by atoms with Crippen molar-refractivity contribution in [2.75, 3.05) is 0 Å². The number of carbonyl (C=O) groups is 2. The van der Waals surface area contributed by atoms with Gasteiger partial charge in [0.2, 0.25) is 5.78 Å². The fourth-order valence-electron chi connectivity index (χ4n) is 1.94. The van der Waals surface area contributed by atoms with Gasteiger partial charge in [0.15, 0.2) is 6.10 Å². The van der Waals surface area contributed by atoms with E-state index >= 15 is 0 Å². The van der Waals surface area contributed by atoms with E-state index in [0.29, 0.717) is 17.9 Å². The Hall–Kier alpha value is -2.82. The zero-order valence-corrected chi connectivity index (χ0v) is 12.2. The van der Waals surface area contributed by atoms with Crippen molar-refractivity contribution in [3.63, 3.8) is 0 Å². The molecule has 1 atom stereocenters. The second-order valence-electron chi connectivity index (χ2n) is 4.75. The van der Waals surface area contributed by atoms with Crippen molar-refractivity contribution in [1.29, 1.82) is 0 Å². The van der Waals surface area contributed by atoms with Crippen molar-refractivity contribution in [1.82, 2.24) is 0 Å². The van der Waals surface area contributed by atoms with Gasteiger partial charge in [-0.05, 0) is 24.6 Å². The largest absolute Gasteiger partial charge is 0.489 e. The number of rotatable bonds is 6. The third-order valence-corrected chi connectivity index (χ3v) is 3.03. The first-order chi connectivity index (χ1) is 10.6. The molecule has 5 heteroatoms. The van der Waals surface area contributed by atoms with E-state index in [1.165, 1.54) is 6.92 Å². The molecule has 1 unspecified atom stereocenters. The zero-order valence-electron chi connectivity index (χ0n) is 12.2. The molecule has 0 saturated heterocycles. The number of Topliss-reactive ketones (excluding diaryl/α,β-unsaturated/α-hetero) is 1. The lowest BCUT2D eigenvalue weighted by atomic mass is 10.1. The van der Waals surface area contributed by atoms with Crippen molar-refractivity contribution in [3.8, 4) is 5.75 Å². The van der Waals surface area contributed by atoms with Crippen LogP contribution in [-0.2, 0) is 11.3 Å². The molecule has 114 valence electrons. The molecule has 0 aliphatic rings. The number of primary amides is 1. The summed E-state index contributed by atoms with van der Waals surface area (Å²) in [5, 5.41) is 0. The normalized spacial score (nSPS) is 11.5. The van der Waals surface area contributed by atoms with E-state index in [9.17, 15) is 9.59 Å². The number of nitrogens with two attached hydrogens (primary N) is 1. The number of hydrogen-bond acceptors (Lipinski definition) is 4. The van der Waals surface area contributed by atoms with Gasteiger partial charge in [0.05, 0.1) is 0 Å². The maximum atomic E-state index is 12.1. The highest BCUT2D eigenvalue weighted by atomic mass is 16.6. The van der Waals surface area contributed by atoms with Gasteiger partial charge in [0.1, 0.15) is 12.4 Å². The van der Waals surface area contributed by atoms with Crippen LogP contribution in [0.25, 0.3) is 0 Å². The fourth-order valence-corrected chi connectivity index (χ4v) is 1.94. The summed E-state index contributed by atoms with van der Waals surface area (Å²) in [6.07, 6.45) is -1.90. The highest BCUT2D eigenvalue weighted by molar-refractivity contribution is 6.00. The van der Waals surface area contributed by atoms with Crippen molar-refractivity contribution < 1.29 is 19.1 Å². The van der Waals surface area contributed by atoms with Crippen molar-refractivity contribution in [2.24, 2.45) is 5.73 Å². The molecule has 0 heterocycles. The summed E-state index contributed by atoms with van der Waals surface area (Å²) in [7, 11) is 0. The van der Waals surface area contributed by atoms with Crippen molar-refractivity contribution >= 4 is 11.9 Å². The Morgan fingerprint density at radius 2 is 1.82 bits per heavy atom. The average Bonchev–Trinajstić information content (AvgIpc) is 2.53. The first-order valence-electron chi connectivity index (χ1n) is 6.83. The number of amides is 1. The number of ketones is 1. The van der Waals surface area contributed by atoms with Crippen LogP contribution in [0.5, 0.6) is 5.75 Å². The molecule has 2 rings (SSSR count). The third kappa shape index (κ3) is 4.34. The third-order valence-electron chi connectivity index (χ3n) is 3.03. The van der Waals surface area contributed by atoms with Gasteiger partial charge >= 0.3 is 6.09 Å². The lowest BCUT2D eigenvalue weighted by Crippen LogP contribution is -2.27. The van der Waals surface area contributed by atoms with Gasteiger partial charge in [-0.3, -0.25) is 4.79 Å². The molecule has 0 aliphatic heterocycles. The molecule has 0 aromatic heterocycles. The molecule has 0 aliphatic carbocycles. The quantitative estimate of drug-likeness (QED) is 0.832. The molecule has 1 amide bonds. The van der Waals surface area contributed by atoms with Gasteiger partial charge in [0.25, 0.3) is 0 Å². The molecule has 2 N–H and O–H groups in total. The number of carbonyl (C=O) groups excluding carboxylic acids is 2. The van der Waals surface area contributed by atoms with E-state index in [2.05, 4.69) is 4.74 Å². The van der Waals surface area contributed by atoms with Crippen molar-refractivity contribution in [3.05, 3.63) is 65.7 Å². The Labute approximate surface area is 128 Å². The standard InChI is InChI=1S/C17H17NO4/c1-12(22-17(18)20)16(19)14-8-5-9-15(10-14)21-11-13-6-3-2-4-7-13/h2-10,12H,11H2,1H3,(H2,18,20). The summed E-state index contributed by atoms with van der Waals surface area (Å²) in [6.45, 7) is 1.89. The summed E-state index contributed by atoms with van der Waals surface area (Å²) in [4.78, 5) is 22.8. The molecule has 0 spiro atoms. The fraction of sp³-hybridized carbons (Fsp3) is 0.176. The summed E-state index contributed by atoms with van der Waals surface area (Å²) >= 11 is 0. The molecular formula is C17H17NO4. The Morgan fingerprint density at radius 3 is 2.50 bits per heavy atom. The second kappa shape index (κ2) is 7.26. The highest BCUT2D eigenvalue weighted by Gasteiger charge is 2.18. The van der Waals surface area contributed by atoms with Crippen LogP contribution in [0.2, 0.25) is 0 Å². The highest BCUT2D eigenvalue weighted by Crippen LogP contribution is 2.17. The van der Waals surface area contributed by atoms with Crippen LogP contribution in [0.3, 0.4) is 0 Å². The van der Waals surface area contributed by atoms with E-state index in [1.807, 2.05) is 30.3 Å². The molecule has 22 heavy (non-hydrogen) atoms. The SMILES string of the molecule is CC(OC(N)=O)C(=O)c1cccc(OCc2ccccc2)c1. The Kier molecular flexibility index (Phi) is 5.14. The minimum atomic E-state index is -0.975. The minimum Gasteiger partial charge on any atom is -0.489 e. The van der Waals surface area contributed by atoms with Gasteiger partial charge in [-0.1, -0.05) is 42.5 Å². The molecular weight excluding hydrogens is 282 g/mol. The van der Waals surface area contributed by atoms with Crippen LogP contribution < -0.4 is 10.5 Å². The lowest BCUT2D eigenvalue weighted by molar-refractivity contribution is 0.0695. The average molecular weight is 299 g/mol. The van der Waals surface area contributed by atoms with Gasteiger partial charge in [-0.15, -0.1) is 0 Å². The zero-order chi connectivity index (χ0) is 15.9. The molecule has 5 nitrogen and oxygen atoms in total. The molecule has 0 bridgehead atoms. The Balaban J connectivity index is 2.03. The van der Waals surface area contributed by atoms with Gasteiger partial charge in [0, 0.05) is 5.56 Å². The molecule has 0 radical (unpaired) electrons. The van der Waals surface area contributed by atoms with E-state index in [1.54, 1.807) is 24.3 Å². The van der Waals surface area contributed by atoms with Gasteiger partial charge in [-0.2, -0.15) is 0 Å². The molecule has 0 saturated carbocycles. The number of benzene rings is 2. The van der Waals surface area contributed by atoms with E-state index in [-0.39, 0.29) is 5.78 Å². The van der Waals surface area contributed by atoms with Gasteiger partial charge < -0.3 is 15.2 Å². The summed E-state index contributed by atoms with van der Waals surface area (Å²) in [5.74, 6) is 0.241. The predicted octanol–water partition coefficient (Wildman–Crippen LogP) is 2.93. The van der Waals surface area contributed by atoms with Crippen LogP contribution in [0, 0.1) is 0 Å². The Bertz CT molecular complexity index is 655. The summed E-state index contributed by atoms with van der Waals surface area (Å²) in [6, 6.07) is 16.4. The summed E-state index contributed by atoms with van der Waals surface area (Å²) in [5.41, 5.74) is 6.35. The molecule has 2 aromatic carbocycles. The first-order valence-corrected chi connectivity index (χ1v) is 6.83. The van der Waals surface area contributed by atoms with Gasteiger partial charge in [-0.25, -0.2) is 4.79 Å².